The van der Waals surface area contributed by atoms with Gasteiger partial charge in [0.05, 0.1) is 5.56 Å². The first-order valence-corrected chi connectivity index (χ1v) is 7.88. The fourth-order valence-electron chi connectivity index (χ4n) is 2.51. The van der Waals surface area contributed by atoms with Gasteiger partial charge < -0.3 is 5.32 Å². The molecule has 1 amide bonds. The van der Waals surface area contributed by atoms with E-state index in [4.69, 9.17) is 0 Å². The van der Waals surface area contributed by atoms with E-state index in [0.29, 0.717) is 11.5 Å². The fraction of sp³-hybridized carbons (Fsp3) is 0.500. The van der Waals surface area contributed by atoms with Crippen LogP contribution < -0.4 is 5.32 Å². The van der Waals surface area contributed by atoms with E-state index in [1.54, 1.807) is 0 Å². The highest BCUT2D eigenvalue weighted by Crippen LogP contribution is 2.29. The summed E-state index contributed by atoms with van der Waals surface area (Å²) < 4.78 is 1.76. The van der Waals surface area contributed by atoms with E-state index in [-0.39, 0.29) is 5.91 Å². The second-order valence-corrected chi connectivity index (χ2v) is 6.89. The maximum absolute atomic E-state index is 12.1. The minimum absolute atomic E-state index is 0.00253. The number of nitrogens with one attached hydrogen (secondary N) is 1. The molecule has 18 heavy (non-hydrogen) atoms. The number of carbonyl (C=O) groups is 1. The zero-order chi connectivity index (χ0) is 13.1. The van der Waals surface area contributed by atoms with Crippen LogP contribution in [0.25, 0.3) is 0 Å². The number of benzene rings is 1. The molecule has 0 radical (unpaired) electrons. The molecule has 1 aromatic carbocycles. The number of hydrogen-bond donors (Lipinski definition) is 1. The molecule has 1 aromatic rings. The lowest BCUT2D eigenvalue weighted by molar-refractivity contribution is 0.0946. The summed E-state index contributed by atoms with van der Waals surface area (Å²) in [5.41, 5.74) is 0.690. The molecule has 0 spiro atoms. The van der Waals surface area contributed by atoms with Gasteiger partial charge in [0, 0.05) is 15.5 Å². The quantitative estimate of drug-likeness (QED) is 0.835. The number of hydrogen-bond acceptors (Lipinski definition) is 1. The first-order valence-electron chi connectivity index (χ1n) is 6.29. The highest BCUT2D eigenvalue weighted by Gasteiger charge is 2.22. The second-order valence-electron chi connectivity index (χ2n) is 5.12. The Morgan fingerprint density at radius 1 is 1.39 bits per heavy atom. The lowest BCUT2D eigenvalue weighted by Gasteiger charge is -2.12. The number of carbonyl (C=O) groups excluding carboxylic acids is 1. The fourth-order valence-corrected chi connectivity index (χ4v) is 3.30. The van der Waals surface area contributed by atoms with Crippen LogP contribution >= 0.6 is 31.9 Å². The monoisotopic (exact) mass is 373 g/mol. The van der Waals surface area contributed by atoms with Crippen molar-refractivity contribution >= 4 is 37.8 Å². The van der Waals surface area contributed by atoms with Crippen LogP contribution in [-0.2, 0) is 0 Å². The van der Waals surface area contributed by atoms with E-state index in [1.807, 2.05) is 18.2 Å². The summed E-state index contributed by atoms with van der Waals surface area (Å²) in [6, 6.07) is 5.65. The molecule has 0 aromatic heterocycles. The minimum atomic E-state index is 0.00253. The Morgan fingerprint density at radius 2 is 2.17 bits per heavy atom. The van der Waals surface area contributed by atoms with Crippen molar-refractivity contribution in [2.24, 2.45) is 11.8 Å². The van der Waals surface area contributed by atoms with E-state index in [2.05, 4.69) is 44.1 Å². The van der Waals surface area contributed by atoms with Crippen molar-refractivity contribution in [2.75, 3.05) is 6.54 Å². The second kappa shape index (κ2) is 6.20. The SMILES string of the molecule is CC1CCC(CNC(=O)c2cc(Br)ccc2Br)C1. The van der Waals surface area contributed by atoms with Gasteiger partial charge in [-0.3, -0.25) is 4.79 Å². The Balaban J connectivity index is 1.93. The molecule has 0 heterocycles. The van der Waals surface area contributed by atoms with Crippen LogP contribution in [-0.4, -0.2) is 12.5 Å². The summed E-state index contributed by atoms with van der Waals surface area (Å²) in [6.07, 6.45) is 3.77. The van der Waals surface area contributed by atoms with Gasteiger partial charge in [-0.15, -0.1) is 0 Å². The van der Waals surface area contributed by atoms with E-state index in [9.17, 15) is 4.79 Å². The molecule has 0 bridgehead atoms. The standard InChI is InChI=1S/C14H17Br2NO/c1-9-2-3-10(6-9)8-17-14(18)12-7-11(15)4-5-13(12)16/h4-5,7,9-10H,2-3,6,8H2,1H3,(H,17,18). The molecule has 98 valence electrons. The van der Waals surface area contributed by atoms with E-state index < -0.39 is 0 Å². The lowest BCUT2D eigenvalue weighted by atomic mass is 10.1. The summed E-state index contributed by atoms with van der Waals surface area (Å²) in [5.74, 6) is 1.46. The van der Waals surface area contributed by atoms with Crippen molar-refractivity contribution in [3.63, 3.8) is 0 Å². The topological polar surface area (TPSA) is 29.1 Å². The zero-order valence-electron chi connectivity index (χ0n) is 10.4. The summed E-state index contributed by atoms with van der Waals surface area (Å²) in [4.78, 5) is 12.1. The summed E-state index contributed by atoms with van der Waals surface area (Å²) in [5, 5.41) is 3.04. The molecule has 1 aliphatic carbocycles. The van der Waals surface area contributed by atoms with E-state index in [0.717, 1.165) is 21.4 Å². The van der Waals surface area contributed by atoms with Crippen LogP contribution in [0, 0.1) is 11.8 Å². The molecule has 2 atom stereocenters. The smallest absolute Gasteiger partial charge is 0.252 e. The van der Waals surface area contributed by atoms with Crippen LogP contribution in [0.2, 0.25) is 0 Å². The molecule has 1 fully saturated rings. The van der Waals surface area contributed by atoms with Crippen LogP contribution in [0.5, 0.6) is 0 Å². The number of rotatable bonds is 3. The lowest BCUT2D eigenvalue weighted by Crippen LogP contribution is -2.28. The molecule has 2 nitrogen and oxygen atoms in total. The first-order chi connectivity index (χ1) is 8.56. The van der Waals surface area contributed by atoms with Gasteiger partial charge >= 0.3 is 0 Å². The molecule has 1 N–H and O–H groups in total. The Kier molecular flexibility index (Phi) is 4.84. The zero-order valence-corrected chi connectivity index (χ0v) is 13.6. The van der Waals surface area contributed by atoms with Gasteiger partial charge in [-0.1, -0.05) is 29.3 Å². The highest BCUT2D eigenvalue weighted by atomic mass is 79.9. The molecule has 1 aliphatic rings. The van der Waals surface area contributed by atoms with E-state index >= 15 is 0 Å². The third-order valence-electron chi connectivity index (χ3n) is 3.53. The van der Waals surface area contributed by atoms with E-state index in [1.165, 1.54) is 19.3 Å². The first kappa shape index (κ1) is 14.1. The average molecular weight is 375 g/mol. The average Bonchev–Trinajstić information content (AvgIpc) is 2.75. The summed E-state index contributed by atoms with van der Waals surface area (Å²) in [7, 11) is 0. The Labute approximate surface area is 125 Å². The van der Waals surface area contributed by atoms with Gasteiger partial charge in [-0.2, -0.15) is 0 Å². The maximum Gasteiger partial charge on any atom is 0.252 e. The van der Waals surface area contributed by atoms with Gasteiger partial charge in [-0.05, 0) is 58.8 Å². The molecular formula is C14H17Br2NO. The van der Waals surface area contributed by atoms with Crippen molar-refractivity contribution in [1.82, 2.24) is 5.32 Å². The number of halogens is 2. The third kappa shape index (κ3) is 3.58. The van der Waals surface area contributed by atoms with Crippen LogP contribution in [0.4, 0.5) is 0 Å². The minimum Gasteiger partial charge on any atom is -0.352 e. The van der Waals surface area contributed by atoms with Crippen molar-refractivity contribution in [1.29, 1.82) is 0 Å². The van der Waals surface area contributed by atoms with Crippen molar-refractivity contribution in [3.8, 4) is 0 Å². The van der Waals surface area contributed by atoms with Gasteiger partial charge in [0.1, 0.15) is 0 Å². The molecule has 4 heteroatoms. The Hall–Kier alpha value is -0.350. The third-order valence-corrected chi connectivity index (χ3v) is 4.71. The Morgan fingerprint density at radius 3 is 2.83 bits per heavy atom. The predicted octanol–water partition coefficient (Wildman–Crippen LogP) is 4.38. The molecule has 0 saturated heterocycles. The predicted molar refractivity (Wildman–Crippen MR) is 80.7 cm³/mol. The van der Waals surface area contributed by atoms with Crippen LogP contribution in [0.1, 0.15) is 36.5 Å². The number of amides is 1. The normalized spacial score (nSPS) is 23.1. The molecule has 2 unspecified atom stereocenters. The molecule has 1 saturated carbocycles. The molecule has 2 rings (SSSR count). The molecule has 0 aliphatic heterocycles. The van der Waals surface area contributed by atoms with Crippen LogP contribution in [0.3, 0.4) is 0 Å². The maximum atomic E-state index is 12.1. The summed E-state index contributed by atoms with van der Waals surface area (Å²) >= 11 is 6.80. The van der Waals surface area contributed by atoms with Crippen molar-refractivity contribution in [2.45, 2.75) is 26.2 Å². The van der Waals surface area contributed by atoms with Gasteiger partial charge in [0.25, 0.3) is 5.91 Å². The van der Waals surface area contributed by atoms with Gasteiger partial charge in [-0.25, -0.2) is 0 Å². The van der Waals surface area contributed by atoms with Crippen molar-refractivity contribution in [3.05, 3.63) is 32.7 Å². The van der Waals surface area contributed by atoms with Crippen LogP contribution in [0.15, 0.2) is 27.1 Å². The van der Waals surface area contributed by atoms with Crippen molar-refractivity contribution < 1.29 is 4.79 Å². The molecular weight excluding hydrogens is 358 g/mol. The Bertz CT molecular complexity index is 447. The van der Waals surface area contributed by atoms with Gasteiger partial charge in [0.2, 0.25) is 0 Å². The largest absolute Gasteiger partial charge is 0.352 e. The highest BCUT2D eigenvalue weighted by molar-refractivity contribution is 9.11. The summed E-state index contributed by atoms with van der Waals surface area (Å²) in [6.45, 7) is 3.08. The van der Waals surface area contributed by atoms with Gasteiger partial charge in [0.15, 0.2) is 0 Å².